The van der Waals surface area contributed by atoms with Gasteiger partial charge in [-0.25, -0.2) is 0 Å². The fourth-order valence-electron chi connectivity index (χ4n) is 2.01. The maximum Gasteiger partial charge on any atom is 0.246 e. The first-order valence-corrected chi connectivity index (χ1v) is 6.39. The summed E-state index contributed by atoms with van der Waals surface area (Å²) >= 11 is 4.10. The molecule has 1 unspecified atom stereocenters. The van der Waals surface area contributed by atoms with Crippen molar-refractivity contribution in [1.82, 2.24) is 10.2 Å². The van der Waals surface area contributed by atoms with Crippen LogP contribution in [0.15, 0.2) is 0 Å². The third-order valence-electron chi connectivity index (χ3n) is 2.59. The summed E-state index contributed by atoms with van der Waals surface area (Å²) in [6.07, 6.45) is 0.0567. The zero-order chi connectivity index (χ0) is 13.0. The van der Waals surface area contributed by atoms with E-state index in [1.165, 1.54) is 6.92 Å². The van der Waals surface area contributed by atoms with Gasteiger partial charge in [0.1, 0.15) is 6.04 Å². The van der Waals surface area contributed by atoms with E-state index >= 15 is 0 Å². The molecule has 1 aliphatic heterocycles. The van der Waals surface area contributed by atoms with Gasteiger partial charge in [0.25, 0.3) is 0 Å². The van der Waals surface area contributed by atoms with Crippen LogP contribution in [0.2, 0.25) is 0 Å². The lowest BCUT2D eigenvalue weighted by atomic mass is 10.2. The normalized spacial score (nSPS) is 26.5. The molecule has 17 heavy (non-hydrogen) atoms. The summed E-state index contributed by atoms with van der Waals surface area (Å²) < 4.78 is 5.56. The van der Waals surface area contributed by atoms with Crippen LogP contribution in [0, 0.1) is 0 Å². The number of nitrogens with one attached hydrogen (secondary N) is 1. The van der Waals surface area contributed by atoms with Gasteiger partial charge in [0, 0.05) is 25.8 Å². The second-order valence-electron chi connectivity index (χ2n) is 4.44. The van der Waals surface area contributed by atoms with Crippen molar-refractivity contribution in [2.45, 2.75) is 39.0 Å². The molecule has 1 fully saturated rings. The molecule has 0 spiro atoms. The number of hydrogen-bond acceptors (Lipinski definition) is 4. The number of hydrogen-bond donors (Lipinski definition) is 2. The number of ether oxygens (including phenoxy) is 1. The fraction of sp³-hybridized carbons (Fsp3) is 0.818. The first-order chi connectivity index (χ1) is 7.93. The topological polar surface area (TPSA) is 58.6 Å². The Bertz CT molecular complexity index is 288. The number of nitrogens with zero attached hydrogens (tertiary/aromatic N) is 1. The van der Waals surface area contributed by atoms with Crippen molar-refractivity contribution in [3.63, 3.8) is 0 Å². The number of carbonyl (C=O) groups excluding carboxylic acids is 2. The summed E-state index contributed by atoms with van der Waals surface area (Å²) in [4.78, 5) is 24.9. The van der Waals surface area contributed by atoms with Crippen LogP contribution in [0.1, 0.15) is 20.8 Å². The maximum atomic E-state index is 12.2. The minimum atomic E-state index is -0.548. The van der Waals surface area contributed by atoms with Crippen molar-refractivity contribution < 1.29 is 14.3 Å². The molecule has 0 aliphatic carbocycles. The molecule has 1 aliphatic rings. The Morgan fingerprint density at radius 1 is 1.41 bits per heavy atom. The van der Waals surface area contributed by atoms with Crippen LogP contribution in [-0.4, -0.2) is 53.8 Å². The fourth-order valence-corrected chi connectivity index (χ4v) is 2.26. The van der Waals surface area contributed by atoms with Gasteiger partial charge in [0.2, 0.25) is 11.8 Å². The van der Waals surface area contributed by atoms with Crippen LogP contribution >= 0.6 is 12.6 Å². The highest BCUT2D eigenvalue weighted by Crippen LogP contribution is 2.12. The first-order valence-electron chi connectivity index (χ1n) is 5.76. The largest absolute Gasteiger partial charge is 0.372 e. The lowest BCUT2D eigenvalue weighted by Crippen LogP contribution is -2.55. The Hall–Kier alpha value is -0.750. The smallest absolute Gasteiger partial charge is 0.246 e. The Morgan fingerprint density at radius 3 is 2.35 bits per heavy atom. The van der Waals surface area contributed by atoms with Crippen molar-refractivity contribution in [3.05, 3.63) is 0 Å². The molecule has 6 heteroatoms. The van der Waals surface area contributed by atoms with Gasteiger partial charge in [0.05, 0.1) is 12.2 Å². The van der Waals surface area contributed by atoms with E-state index in [4.69, 9.17) is 4.74 Å². The Balaban J connectivity index is 2.63. The van der Waals surface area contributed by atoms with Gasteiger partial charge < -0.3 is 15.0 Å². The third-order valence-corrected chi connectivity index (χ3v) is 2.95. The zero-order valence-corrected chi connectivity index (χ0v) is 11.4. The highest BCUT2D eigenvalue weighted by atomic mass is 32.1. The molecule has 1 rings (SSSR count). The van der Waals surface area contributed by atoms with Gasteiger partial charge in [-0.1, -0.05) is 0 Å². The minimum absolute atomic E-state index is 0.0283. The van der Waals surface area contributed by atoms with E-state index < -0.39 is 6.04 Å². The van der Waals surface area contributed by atoms with Crippen molar-refractivity contribution in [3.8, 4) is 0 Å². The molecule has 98 valence electrons. The van der Waals surface area contributed by atoms with Gasteiger partial charge in [-0.2, -0.15) is 12.6 Å². The summed E-state index contributed by atoms with van der Waals surface area (Å²) in [7, 11) is 0. The monoisotopic (exact) mass is 260 g/mol. The molecule has 0 aromatic rings. The van der Waals surface area contributed by atoms with Crippen molar-refractivity contribution in [1.29, 1.82) is 0 Å². The van der Waals surface area contributed by atoms with Crippen LogP contribution in [-0.2, 0) is 14.3 Å². The molecule has 5 nitrogen and oxygen atoms in total. The van der Waals surface area contributed by atoms with E-state index in [1.807, 2.05) is 13.8 Å². The maximum absolute atomic E-state index is 12.2. The minimum Gasteiger partial charge on any atom is -0.372 e. The number of thiol groups is 1. The van der Waals surface area contributed by atoms with Crippen molar-refractivity contribution >= 4 is 24.4 Å². The van der Waals surface area contributed by atoms with Gasteiger partial charge in [-0.05, 0) is 13.8 Å². The Labute approximate surface area is 107 Å². The van der Waals surface area contributed by atoms with Crippen LogP contribution in [0.5, 0.6) is 0 Å². The molecular formula is C11H20N2O3S. The van der Waals surface area contributed by atoms with E-state index in [0.717, 1.165) is 0 Å². The Morgan fingerprint density at radius 2 is 1.94 bits per heavy atom. The van der Waals surface area contributed by atoms with Crippen molar-refractivity contribution in [2.75, 3.05) is 18.8 Å². The molecule has 1 saturated heterocycles. The second kappa shape index (κ2) is 6.26. The molecule has 0 radical (unpaired) electrons. The average Bonchev–Trinajstić information content (AvgIpc) is 2.23. The van der Waals surface area contributed by atoms with Crippen LogP contribution in [0.4, 0.5) is 0 Å². The number of rotatable bonds is 3. The predicted octanol–water partition coefficient (Wildman–Crippen LogP) is 0.0567. The molecule has 3 atom stereocenters. The van der Waals surface area contributed by atoms with E-state index in [0.29, 0.717) is 18.8 Å². The molecular weight excluding hydrogens is 240 g/mol. The summed E-state index contributed by atoms with van der Waals surface area (Å²) in [5, 5.41) is 2.61. The third kappa shape index (κ3) is 4.20. The molecule has 0 aromatic heterocycles. The molecule has 0 bridgehead atoms. The van der Waals surface area contributed by atoms with Crippen LogP contribution in [0.25, 0.3) is 0 Å². The van der Waals surface area contributed by atoms with E-state index in [9.17, 15) is 9.59 Å². The molecule has 0 saturated carbocycles. The number of morpholine rings is 1. The summed E-state index contributed by atoms with van der Waals surface area (Å²) in [5.74, 6) is 0.00221. The lowest BCUT2D eigenvalue weighted by molar-refractivity contribution is -0.146. The number of carbonyl (C=O) groups is 2. The molecule has 2 amide bonds. The van der Waals surface area contributed by atoms with E-state index in [1.54, 1.807) is 4.90 Å². The van der Waals surface area contributed by atoms with Gasteiger partial charge in [0.15, 0.2) is 0 Å². The highest BCUT2D eigenvalue weighted by Gasteiger charge is 2.30. The standard InChI is InChI=1S/C11H20N2O3S/c1-7-4-13(5-8(2)16-7)11(15)10(6-17)12-9(3)14/h7-8,10,17H,4-6H2,1-3H3,(H,12,14)/t7-,8+,10?. The van der Waals surface area contributed by atoms with Gasteiger partial charge in [-0.3, -0.25) is 9.59 Å². The highest BCUT2D eigenvalue weighted by molar-refractivity contribution is 7.80. The van der Waals surface area contributed by atoms with Crippen molar-refractivity contribution in [2.24, 2.45) is 0 Å². The SMILES string of the molecule is CC(=O)NC(CS)C(=O)N1C[C@@H](C)O[C@@H](C)C1. The number of amides is 2. The quantitative estimate of drug-likeness (QED) is 0.705. The first kappa shape index (κ1) is 14.3. The zero-order valence-electron chi connectivity index (χ0n) is 10.5. The Kier molecular flexibility index (Phi) is 5.27. The average molecular weight is 260 g/mol. The summed E-state index contributed by atoms with van der Waals surface area (Å²) in [5.41, 5.74) is 0. The lowest BCUT2D eigenvalue weighted by Gasteiger charge is -2.37. The molecule has 1 N–H and O–H groups in total. The van der Waals surface area contributed by atoms with Crippen LogP contribution in [0.3, 0.4) is 0 Å². The second-order valence-corrected chi connectivity index (χ2v) is 4.80. The van der Waals surface area contributed by atoms with Gasteiger partial charge >= 0.3 is 0 Å². The van der Waals surface area contributed by atoms with Gasteiger partial charge in [-0.15, -0.1) is 0 Å². The molecule has 0 aromatic carbocycles. The summed E-state index contributed by atoms with van der Waals surface area (Å²) in [6.45, 7) is 6.39. The van der Waals surface area contributed by atoms with Crippen LogP contribution < -0.4 is 5.32 Å². The predicted molar refractivity (Wildman–Crippen MR) is 68.0 cm³/mol. The van der Waals surface area contributed by atoms with E-state index in [2.05, 4.69) is 17.9 Å². The molecule has 1 heterocycles. The summed E-state index contributed by atoms with van der Waals surface area (Å²) in [6, 6.07) is -0.548. The van der Waals surface area contributed by atoms with E-state index in [-0.39, 0.29) is 24.0 Å².